The monoisotopic (exact) mass is 670 g/mol. The van der Waals surface area contributed by atoms with Crippen molar-refractivity contribution >= 4 is 57.0 Å². The van der Waals surface area contributed by atoms with Crippen molar-refractivity contribution in [1.82, 2.24) is 39.0 Å². The molecule has 10 atom stereocenters. The van der Waals surface area contributed by atoms with E-state index in [1.807, 2.05) is 0 Å². The van der Waals surface area contributed by atoms with E-state index in [0.717, 1.165) is 13.9 Å². The van der Waals surface area contributed by atoms with Gasteiger partial charge in [0.2, 0.25) is 5.95 Å². The first-order valence-electron chi connectivity index (χ1n) is 13.2. The highest BCUT2D eigenvalue weighted by molar-refractivity contribution is 7.79. The van der Waals surface area contributed by atoms with Crippen LogP contribution in [0.3, 0.4) is 0 Å². The summed E-state index contributed by atoms with van der Waals surface area (Å²) < 4.78 is 62.9. The van der Waals surface area contributed by atoms with E-state index in [1.165, 1.54) is 21.8 Å². The standard InChI is InChI=1S/C20H25BN10O12P2/c21-44(35)38-1-6-10(32)13(19(40-6)31-5-27-9-16(31)28-20(23)29-17(9)34)43-45(36,37)39-2-7-12(42-44)11(33)18(41-7)30-4-26-8-14(22)24-3-25-15(8)30/h3-7,10-13,18-19,32-33H,1-2,21H2,(H,36,37)(H2,22,24,25)(H3,23,28,29,34). The molecule has 10 unspecified atom stereocenters. The van der Waals surface area contributed by atoms with Crippen LogP contribution in [0.15, 0.2) is 23.8 Å². The number of aromatic nitrogens is 8. The third-order valence-corrected chi connectivity index (χ3v) is 9.68. The Labute approximate surface area is 251 Å². The predicted octanol–water partition coefficient (Wildman–Crippen LogP) is -2.70. The number of fused-ring (bicyclic) bond motifs is 5. The zero-order chi connectivity index (χ0) is 31.8. The van der Waals surface area contributed by atoms with Gasteiger partial charge in [0.05, 0.1) is 25.9 Å². The molecule has 3 aliphatic rings. The minimum atomic E-state index is -5.05. The van der Waals surface area contributed by atoms with Crippen LogP contribution in [0.2, 0.25) is 0 Å². The molecule has 7 heterocycles. The molecule has 8 N–H and O–H groups in total. The number of rotatable bonds is 2. The van der Waals surface area contributed by atoms with E-state index < -0.39 is 83.1 Å². The number of ether oxygens (including phenoxy) is 2. The summed E-state index contributed by atoms with van der Waals surface area (Å²) in [6.45, 7) is -1.29. The van der Waals surface area contributed by atoms with E-state index in [0.29, 0.717) is 0 Å². The van der Waals surface area contributed by atoms with Crippen LogP contribution in [0.4, 0.5) is 11.8 Å². The Morgan fingerprint density at radius 1 is 0.889 bits per heavy atom. The number of hydrogen-bond acceptors (Lipinski definition) is 18. The maximum atomic E-state index is 13.5. The van der Waals surface area contributed by atoms with Crippen LogP contribution in [0.5, 0.6) is 0 Å². The summed E-state index contributed by atoms with van der Waals surface area (Å²) in [4.78, 5) is 45.5. The Balaban J connectivity index is 1.21. The lowest BCUT2D eigenvalue weighted by molar-refractivity contribution is -0.0637. The van der Waals surface area contributed by atoms with Crippen molar-refractivity contribution in [1.29, 1.82) is 0 Å². The summed E-state index contributed by atoms with van der Waals surface area (Å²) in [5.41, 5.74) is 11.1. The molecule has 22 nitrogen and oxygen atoms in total. The van der Waals surface area contributed by atoms with E-state index in [1.54, 1.807) is 0 Å². The van der Waals surface area contributed by atoms with Crippen molar-refractivity contribution in [2.45, 2.75) is 49.1 Å². The highest BCUT2D eigenvalue weighted by atomic mass is 31.2. The molecule has 0 aliphatic carbocycles. The fraction of sp³-hybridized carbons (Fsp3) is 0.500. The summed E-state index contributed by atoms with van der Waals surface area (Å²) in [5.74, 6) is -0.177. The van der Waals surface area contributed by atoms with Gasteiger partial charge in [-0.3, -0.25) is 32.5 Å². The number of phosphoric acid groups is 1. The number of hydrogen-bond donors (Lipinski definition) is 6. The molecule has 3 fully saturated rings. The smallest absolute Gasteiger partial charge is 0.387 e. The molecule has 3 saturated heterocycles. The topological polar surface area (TPSA) is 309 Å². The second-order valence-corrected chi connectivity index (χ2v) is 13.9. The van der Waals surface area contributed by atoms with Gasteiger partial charge >= 0.3 is 7.82 Å². The summed E-state index contributed by atoms with van der Waals surface area (Å²) in [7, 11) is -7.99. The van der Waals surface area contributed by atoms with Gasteiger partial charge in [-0.15, -0.1) is 0 Å². The third kappa shape index (κ3) is 5.34. The van der Waals surface area contributed by atoms with Gasteiger partial charge in [0, 0.05) is 0 Å². The molecule has 0 amide bonds. The summed E-state index contributed by atoms with van der Waals surface area (Å²) in [5, 5.41) is 22.3. The average molecular weight is 670 g/mol. The second-order valence-electron chi connectivity index (χ2n) is 10.4. The lowest BCUT2D eigenvalue weighted by Crippen LogP contribution is -2.36. The first-order valence-corrected chi connectivity index (χ1v) is 16.7. The van der Waals surface area contributed by atoms with Crippen LogP contribution in [-0.2, 0) is 36.7 Å². The van der Waals surface area contributed by atoms with Crippen LogP contribution in [-0.4, -0.2) is 112 Å². The van der Waals surface area contributed by atoms with Crippen LogP contribution < -0.4 is 17.0 Å². The Hall–Kier alpha value is -3.34. The van der Waals surface area contributed by atoms with E-state index in [9.17, 15) is 29.0 Å². The van der Waals surface area contributed by atoms with Crippen molar-refractivity contribution in [3.05, 3.63) is 29.3 Å². The van der Waals surface area contributed by atoms with Crippen molar-refractivity contribution in [2.24, 2.45) is 0 Å². The molecule has 0 saturated carbocycles. The van der Waals surface area contributed by atoms with Gasteiger partial charge in [-0.05, 0) is 0 Å². The Morgan fingerprint density at radius 3 is 2.36 bits per heavy atom. The highest BCUT2D eigenvalue weighted by Gasteiger charge is 2.53. The lowest BCUT2D eigenvalue weighted by atomic mass is 10.1. The quantitative estimate of drug-likeness (QED) is 0.0933. The van der Waals surface area contributed by atoms with Crippen molar-refractivity contribution in [2.75, 3.05) is 24.7 Å². The van der Waals surface area contributed by atoms with E-state index in [2.05, 4.69) is 29.9 Å². The maximum absolute atomic E-state index is 13.5. The fourth-order valence-electron chi connectivity index (χ4n) is 5.40. The zero-order valence-corrected chi connectivity index (χ0v) is 24.7. The molecule has 4 aromatic rings. The van der Waals surface area contributed by atoms with Gasteiger partial charge in [0.15, 0.2) is 35.1 Å². The predicted molar refractivity (Wildman–Crippen MR) is 150 cm³/mol. The van der Waals surface area contributed by atoms with Crippen LogP contribution in [0.25, 0.3) is 22.3 Å². The van der Waals surface area contributed by atoms with Gasteiger partial charge in [-0.25, -0.2) is 24.5 Å². The lowest BCUT2D eigenvalue weighted by Gasteiger charge is -2.26. The third-order valence-electron chi connectivity index (χ3n) is 7.45. The first kappa shape index (κ1) is 30.3. The second kappa shape index (κ2) is 10.9. The zero-order valence-electron chi connectivity index (χ0n) is 23.0. The normalized spacial score (nSPS) is 37.7. The molecular formula is C20H25BN10O12P2. The number of aliphatic hydroxyl groups excluding tert-OH is 2. The SMILES string of the molecule is BP1(=O)OCC2OC(n3cnc4c(=O)[nH]c(N)nc43)C(OP(=O)(O)OCC3OC(n4cnc5c(N)ncnc54)C(O)C3O1)C2O. The molecule has 4 aromatic heterocycles. The Kier molecular flexibility index (Phi) is 7.34. The molecule has 0 spiro atoms. The fourth-order valence-corrected chi connectivity index (χ4v) is 7.52. The molecule has 45 heavy (non-hydrogen) atoms. The van der Waals surface area contributed by atoms with E-state index in [4.69, 9.17) is 39.0 Å². The number of nitrogens with two attached hydrogens (primary N) is 2. The highest BCUT2D eigenvalue weighted by Crippen LogP contribution is 2.53. The molecule has 7 rings (SSSR count). The molecule has 3 aliphatic heterocycles. The molecule has 0 aromatic carbocycles. The molecule has 240 valence electrons. The van der Waals surface area contributed by atoms with Crippen LogP contribution >= 0.6 is 15.3 Å². The van der Waals surface area contributed by atoms with Crippen LogP contribution in [0, 0.1) is 0 Å². The Bertz CT molecular complexity index is 1940. The van der Waals surface area contributed by atoms with Gasteiger partial charge in [0.1, 0.15) is 48.5 Å². The van der Waals surface area contributed by atoms with Crippen molar-refractivity contribution in [3.63, 3.8) is 0 Å². The van der Waals surface area contributed by atoms with Gasteiger partial charge in [-0.2, -0.15) is 4.98 Å². The maximum Gasteiger partial charge on any atom is 0.472 e. The number of H-pyrrole nitrogens is 1. The number of imidazole rings is 2. The van der Waals surface area contributed by atoms with E-state index in [-0.39, 0.29) is 34.1 Å². The molecule has 2 bridgehead atoms. The number of aliphatic hydroxyl groups is 2. The van der Waals surface area contributed by atoms with Crippen molar-refractivity contribution < 1.29 is 51.8 Å². The minimum Gasteiger partial charge on any atom is -0.387 e. The van der Waals surface area contributed by atoms with Gasteiger partial charge in [0.25, 0.3) is 20.6 Å². The molecular weight excluding hydrogens is 645 g/mol. The number of nitrogens with zero attached hydrogens (tertiary/aromatic N) is 7. The first-order chi connectivity index (χ1) is 21.3. The summed E-state index contributed by atoms with van der Waals surface area (Å²) >= 11 is 0. The number of anilines is 2. The van der Waals surface area contributed by atoms with Crippen LogP contribution in [0.1, 0.15) is 12.5 Å². The number of nitrogens with one attached hydrogen (secondary N) is 1. The largest absolute Gasteiger partial charge is 0.472 e. The van der Waals surface area contributed by atoms with Gasteiger partial charge < -0.3 is 45.1 Å². The molecule has 0 radical (unpaired) electrons. The number of nitrogen functional groups attached to an aromatic ring is 2. The summed E-state index contributed by atoms with van der Waals surface area (Å²) in [6, 6.07) is 0. The van der Waals surface area contributed by atoms with Gasteiger partial charge in [-0.1, -0.05) is 0 Å². The minimum absolute atomic E-state index is 0.0743. The Morgan fingerprint density at radius 2 is 1.58 bits per heavy atom. The summed E-state index contributed by atoms with van der Waals surface area (Å²) in [6.07, 6.45) is -7.94. The number of aromatic amines is 1. The van der Waals surface area contributed by atoms with E-state index >= 15 is 0 Å². The molecule has 25 heteroatoms. The number of phosphoric ester groups is 1. The average Bonchev–Trinajstić information content (AvgIpc) is 3.72. The van der Waals surface area contributed by atoms with Crippen molar-refractivity contribution in [3.8, 4) is 0 Å².